The number of benzene rings is 1. The molecule has 7 nitrogen and oxygen atoms in total. The lowest BCUT2D eigenvalue weighted by atomic mass is 9.99. The lowest BCUT2D eigenvalue weighted by Crippen LogP contribution is -2.60. The minimum atomic E-state index is -2.11. The van der Waals surface area contributed by atoms with Crippen LogP contribution in [-0.2, 0) is 13.9 Å². The van der Waals surface area contributed by atoms with Crippen LogP contribution in [0.1, 0.15) is 31.1 Å². The van der Waals surface area contributed by atoms with Crippen LogP contribution in [0, 0.1) is 0 Å². The van der Waals surface area contributed by atoms with Crippen LogP contribution in [-0.4, -0.2) is 66.9 Å². The highest BCUT2D eigenvalue weighted by atomic mass is 28.4. The normalized spacial score (nSPS) is 29.4. The first-order chi connectivity index (χ1) is 12.4. The number of hydrogen-bond donors (Lipinski definition) is 3. The van der Waals surface area contributed by atoms with Crippen molar-refractivity contribution in [3.05, 3.63) is 35.9 Å². The smallest absolute Gasteiger partial charge is 0.338 e. The average Bonchev–Trinajstić information content (AvgIpc) is 2.60. The number of carbonyl (C=O) groups excluding carboxylic acids is 1. The van der Waals surface area contributed by atoms with Crippen molar-refractivity contribution in [2.75, 3.05) is 6.61 Å². The summed E-state index contributed by atoms with van der Waals surface area (Å²) in [6.07, 6.45) is -6.73. The van der Waals surface area contributed by atoms with Crippen molar-refractivity contribution in [1.82, 2.24) is 0 Å². The van der Waals surface area contributed by atoms with Crippen molar-refractivity contribution in [1.29, 1.82) is 0 Å². The molecule has 0 aromatic heterocycles. The molecule has 0 bridgehead atoms. The van der Waals surface area contributed by atoms with Gasteiger partial charge >= 0.3 is 5.97 Å². The quantitative estimate of drug-likeness (QED) is 0.512. The molecule has 3 N–H and O–H groups in total. The Morgan fingerprint density at radius 1 is 1.11 bits per heavy atom. The molecule has 27 heavy (non-hydrogen) atoms. The summed E-state index contributed by atoms with van der Waals surface area (Å²) in [4.78, 5) is 12.3. The number of ether oxygens (including phenoxy) is 2. The standard InChI is InChI=1S/C19H30O7Si/c1-19(2,3)27(4,5)24-11-13-14(20)16(15(21)18(23)25-13)26-17(22)12-9-7-6-8-10-12/h6-10,13-16,18,20-21,23H,11H2,1-5H3/t13?,14-,15?,16?,18-/m0/s1. The summed E-state index contributed by atoms with van der Waals surface area (Å²) in [5.74, 6) is -0.697. The molecule has 1 aliphatic rings. The number of carbonyl (C=O) groups is 1. The molecule has 0 radical (unpaired) electrons. The fourth-order valence-corrected chi connectivity index (χ4v) is 3.48. The molecule has 1 aliphatic heterocycles. The van der Waals surface area contributed by atoms with Gasteiger partial charge in [0.15, 0.2) is 20.7 Å². The molecule has 1 aromatic carbocycles. The Bertz CT molecular complexity index is 629. The molecule has 8 heteroatoms. The van der Waals surface area contributed by atoms with Crippen LogP contribution >= 0.6 is 0 Å². The molecule has 3 unspecified atom stereocenters. The highest BCUT2D eigenvalue weighted by molar-refractivity contribution is 6.74. The molecular weight excluding hydrogens is 368 g/mol. The fraction of sp³-hybridized carbons (Fsp3) is 0.632. The predicted octanol–water partition coefficient (Wildman–Crippen LogP) is 1.67. The van der Waals surface area contributed by atoms with Gasteiger partial charge in [-0.15, -0.1) is 0 Å². The Hall–Kier alpha value is -1.29. The number of hydrogen-bond acceptors (Lipinski definition) is 7. The number of rotatable bonds is 5. The monoisotopic (exact) mass is 398 g/mol. The van der Waals surface area contributed by atoms with Gasteiger partial charge in [0.2, 0.25) is 0 Å². The van der Waals surface area contributed by atoms with E-state index in [4.69, 9.17) is 13.9 Å². The van der Waals surface area contributed by atoms with Gasteiger partial charge in [-0.25, -0.2) is 4.79 Å². The Morgan fingerprint density at radius 2 is 1.70 bits per heavy atom. The molecule has 1 fully saturated rings. The van der Waals surface area contributed by atoms with Crippen LogP contribution in [0.15, 0.2) is 30.3 Å². The third-order valence-corrected chi connectivity index (χ3v) is 9.83. The Labute approximate surface area is 161 Å². The number of esters is 1. The Kier molecular flexibility index (Phi) is 6.83. The molecule has 5 atom stereocenters. The summed E-state index contributed by atoms with van der Waals surface area (Å²) in [7, 11) is -2.11. The van der Waals surface area contributed by atoms with Crippen molar-refractivity contribution in [2.45, 2.75) is 69.6 Å². The second kappa shape index (κ2) is 8.38. The first-order valence-corrected chi connectivity index (χ1v) is 11.9. The van der Waals surface area contributed by atoms with Crippen molar-refractivity contribution >= 4 is 14.3 Å². The van der Waals surface area contributed by atoms with Gasteiger partial charge in [-0.2, -0.15) is 0 Å². The minimum Gasteiger partial charge on any atom is -0.453 e. The molecule has 152 valence electrons. The van der Waals surface area contributed by atoms with Gasteiger partial charge in [0.25, 0.3) is 0 Å². The lowest BCUT2D eigenvalue weighted by Gasteiger charge is -2.42. The van der Waals surface area contributed by atoms with E-state index in [9.17, 15) is 20.1 Å². The highest BCUT2D eigenvalue weighted by Gasteiger charge is 2.47. The van der Waals surface area contributed by atoms with Crippen LogP contribution in [0.5, 0.6) is 0 Å². The zero-order chi connectivity index (χ0) is 20.4. The van der Waals surface area contributed by atoms with Crippen LogP contribution < -0.4 is 0 Å². The summed E-state index contributed by atoms with van der Waals surface area (Å²) < 4.78 is 16.6. The fourth-order valence-electron chi connectivity index (χ4n) is 2.47. The number of aliphatic hydroxyl groups is 3. The molecular formula is C19H30O7Si. The Balaban J connectivity index is 2.08. The molecule has 1 aromatic rings. The first-order valence-electron chi connectivity index (χ1n) is 9.04. The molecule has 0 saturated carbocycles. The summed E-state index contributed by atoms with van der Waals surface area (Å²) in [5, 5.41) is 30.7. The lowest BCUT2D eigenvalue weighted by molar-refractivity contribution is -0.285. The van der Waals surface area contributed by atoms with Gasteiger partial charge in [0.1, 0.15) is 18.3 Å². The van der Waals surface area contributed by atoms with Gasteiger partial charge in [0, 0.05) is 0 Å². The summed E-state index contributed by atoms with van der Waals surface area (Å²) in [6, 6.07) is 8.24. The van der Waals surface area contributed by atoms with E-state index in [0.717, 1.165) is 0 Å². The maximum absolute atomic E-state index is 12.3. The largest absolute Gasteiger partial charge is 0.453 e. The van der Waals surface area contributed by atoms with Crippen molar-refractivity contribution < 1.29 is 34.0 Å². The van der Waals surface area contributed by atoms with Gasteiger partial charge in [0.05, 0.1) is 12.2 Å². The van der Waals surface area contributed by atoms with Gasteiger partial charge < -0.3 is 29.2 Å². The van der Waals surface area contributed by atoms with E-state index in [1.165, 1.54) is 0 Å². The molecule has 0 amide bonds. The molecule has 2 rings (SSSR count). The van der Waals surface area contributed by atoms with Crippen LogP contribution in [0.3, 0.4) is 0 Å². The van der Waals surface area contributed by atoms with E-state index in [-0.39, 0.29) is 17.2 Å². The van der Waals surface area contributed by atoms with E-state index < -0.39 is 45.0 Å². The maximum Gasteiger partial charge on any atom is 0.338 e. The summed E-state index contributed by atoms with van der Waals surface area (Å²) in [5.41, 5.74) is 0.284. The SMILES string of the molecule is CC(C)(C)[Si](C)(C)OCC1O[C@H](O)C(O)C(OC(=O)c2ccccc2)[C@H]1O. The summed E-state index contributed by atoms with van der Waals surface area (Å²) >= 11 is 0. The maximum atomic E-state index is 12.3. The third kappa shape index (κ3) is 5.16. The van der Waals surface area contributed by atoms with Gasteiger partial charge in [-0.05, 0) is 30.3 Å². The molecule has 0 aliphatic carbocycles. The highest BCUT2D eigenvalue weighted by Crippen LogP contribution is 2.37. The summed E-state index contributed by atoms with van der Waals surface area (Å²) in [6.45, 7) is 10.4. The second-order valence-electron chi connectivity index (χ2n) is 8.35. The van der Waals surface area contributed by atoms with Crippen molar-refractivity contribution in [3.63, 3.8) is 0 Å². The van der Waals surface area contributed by atoms with Gasteiger partial charge in [-0.3, -0.25) is 0 Å². The Morgan fingerprint density at radius 3 is 2.26 bits per heavy atom. The predicted molar refractivity (Wildman–Crippen MR) is 102 cm³/mol. The minimum absolute atomic E-state index is 0.0286. The van der Waals surface area contributed by atoms with E-state index in [1.54, 1.807) is 30.3 Å². The molecule has 1 saturated heterocycles. The molecule has 1 heterocycles. The van der Waals surface area contributed by atoms with Crippen LogP contribution in [0.2, 0.25) is 18.1 Å². The van der Waals surface area contributed by atoms with Crippen LogP contribution in [0.25, 0.3) is 0 Å². The van der Waals surface area contributed by atoms with Crippen molar-refractivity contribution in [2.24, 2.45) is 0 Å². The number of aliphatic hydroxyl groups excluding tert-OH is 3. The van der Waals surface area contributed by atoms with E-state index >= 15 is 0 Å². The topological polar surface area (TPSA) is 105 Å². The van der Waals surface area contributed by atoms with E-state index in [0.29, 0.717) is 0 Å². The average molecular weight is 399 g/mol. The van der Waals surface area contributed by atoms with E-state index in [1.807, 2.05) is 0 Å². The zero-order valence-corrected chi connectivity index (χ0v) is 17.5. The van der Waals surface area contributed by atoms with E-state index in [2.05, 4.69) is 33.9 Å². The molecule has 0 spiro atoms. The second-order valence-corrected chi connectivity index (χ2v) is 13.2. The van der Waals surface area contributed by atoms with Crippen molar-refractivity contribution in [3.8, 4) is 0 Å². The van der Waals surface area contributed by atoms with Gasteiger partial charge in [-0.1, -0.05) is 39.0 Å². The zero-order valence-electron chi connectivity index (χ0n) is 16.5. The first kappa shape index (κ1) is 22.0. The third-order valence-electron chi connectivity index (χ3n) is 5.33. The van der Waals surface area contributed by atoms with Crippen LogP contribution in [0.4, 0.5) is 0 Å².